The van der Waals surface area contributed by atoms with Crippen LogP contribution in [0.3, 0.4) is 0 Å². The first-order valence-corrected chi connectivity index (χ1v) is 7.37. The van der Waals surface area contributed by atoms with Gasteiger partial charge in [0.1, 0.15) is 5.15 Å². The van der Waals surface area contributed by atoms with Crippen molar-refractivity contribution < 1.29 is 4.79 Å². The SMILES string of the molecule is Cc1nn(C)c(Cl)c1[C@H]1CCCN1C(=O)c1ccncc1. The minimum atomic E-state index is 0.00636. The van der Waals surface area contributed by atoms with Gasteiger partial charge in [0.05, 0.1) is 11.7 Å². The van der Waals surface area contributed by atoms with Gasteiger partial charge in [0, 0.05) is 37.1 Å². The Labute approximate surface area is 128 Å². The molecule has 3 heterocycles. The lowest BCUT2D eigenvalue weighted by molar-refractivity contribution is 0.0735. The molecule has 21 heavy (non-hydrogen) atoms. The van der Waals surface area contributed by atoms with E-state index >= 15 is 0 Å². The van der Waals surface area contributed by atoms with E-state index in [2.05, 4.69) is 10.1 Å². The van der Waals surface area contributed by atoms with Gasteiger partial charge in [0.2, 0.25) is 0 Å². The number of amides is 1. The van der Waals surface area contributed by atoms with Crippen LogP contribution in [-0.4, -0.2) is 32.1 Å². The van der Waals surface area contributed by atoms with Crippen molar-refractivity contribution in [2.45, 2.75) is 25.8 Å². The fourth-order valence-corrected chi connectivity index (χ4v) is 3.30. The molecule has 0 aliphatic carbocycles. The first kappa shape index (κ1) is 14.1. The highest BCUT2D eigenvalue weighted by Crippen LogP contribution is 2.38. The summed E-state index contributed by atoms with van der Waals surface area (Å²) in [6.45, 7) is 2.69. The molecule has 6 heteroatoms. The molecule has 1 aliphatic heterocycles. The van der Waals surface area contributed by atoms with Crippen LogP contribution in [0.4, 0.5) is 0 Å². The Morgan fingerprint density at radius 2 is 2.10 bits per heavy atom. The smallest absolute Gasteiger partial charge is 0.254 e. The molecule has 1 aliphatic rings. The average molecular weight is 305 g/mol. The van der Waals surface area contributed by atoms with Crippen molar-refractivity contribution in [2.75, 3.05) is 6.54 Å². The fraction of sp³-hybridized carbons (Fsp3) is 0.400. The number of pyridine rings is 1. The van der Waals surface area contributed by atoms with E-state index in [9.17, 15) is 4.79 Å². The fourth-order valence-electron chi connectivity index (χ4n) is 3.00. The highest BCUT2D eigenvalue weighted by Gasteiger charge is 2.34. The molecule has 0 bridgehead atoms. The maximum absolute atomic E-state index is 12.7. The van der Waals surface area contributed by atoms with E-state index in [0.29, 0.717) is 10.7 Å². The van der Waals surface area contributed by atoms with Gasteiger partial charge in [0.15, 0.2) is 0 Å². The molecule has 110 valence electrons. The van der Waals surface area contributed by atoms with Crippen LogP contribution in [0.15, 0.2) is 24.5 Å². The predicted octanol–water partition coefficient (Wildman–Crippen LogP) is 2.75. The van der Waals surface area contributed by atoms with E-state index in [1.165, 1.54) is 0 Å². The number of rotatable bonds is 2. The second-order valence-electron chi connectivity index (χ2n) is 5.31. The third-order valence-corrected chi connectivity index (χ3v) is 4.42. The molecule has 1 fully saturated rings. The Bertz CT molecular complexity index is 668. The van der Waals surface area contributed by atoms with Crippen LogP contribution in [-0.2, 0) is 7.05 Å². The maximum Gasteiger partial charge on any atom is 0.254 e. The minimum absolute atomic E-state index is 0.00636. The molecule has 1 saturated heterocycles. The molecular weight excluding hydrogens is 288 g/mol. The van der Waals surface area contributed by atoms with Crippen molar-refractivity contribution >= 4 is 17.5 Å². The molecule has 0 unspecified atom stereocenters. The Balaban J connectivity index is 1.94. The lowest BCUT2D eigenvalue weighted by atomic mass is 10.1. The number of aromatic nitrogens is 3. The molecule has 1 atom stereocenters. The van der Waals surface area contributed by atoms with Crippen LogP contribution in [0.1, 0.15) is 40.5 Å². The number of carbonyl (C=O) groups excluding carboxylic acids is 1. The minimum Gasteiger partial charge on any atom is -0.331 e. The molecule has 0 N–H and O–H groups in total. The third kappa shape index (κ3) is 2.42. The van der Waals surface area contributed by atoms with Crippen LogP contribution in [0.5, 0.6) is 0 Å². The molecule has 0 spiro atoms. The highest BCUT2D eigenvalue weighted by molar-refractivity contribution is 6.30. The van der Waals surface area contributed by atoms with Gasteiger partial charge < -0.3 is 4.90 Å². The van der Waals surface area contributed by atoms with Crippen molar-refractivity contribution in [2.24, 2.45) is 7.05 Å². The summed E-state index contributed by atoms with van der Waals surface area (Å²) < 4.78 is 1.67. The predicted molar refractivity (Wildman–Crippen MR) is 80.2 cm³/mol. The zero-order valence-electron chi connectivity index (χ0n) is 12.1. The molecule has 2 aromatic rings. The Kier molecular flexibility index (Phi) is 3.68. The maximum atomic E-state index is 12.7. The summed E-state index contributed by atoms with van der Waals surface area (Å²) >= 11 is 6.36. The van der Waals surface area contributed by atoms with Gasteiger partial charge in [-0.1, -0.05) is 11.6 Å². The number of carbonyl (C=O) groups is 1. The van der Waals surface area contributed by atoms with Gasteiger partial charge in [-0.3, -0.25) is 14.5 Å². The average Bonchev–Trinajstić information content (AvgIpc) is 3.05. The molecular formula is C15H17ClN4O. The van der Waals surface area contributed by atoms with Gasteiger partial charge in [-0.05, 0) is 31.9 Å². The second-order valence-corrected chi connectivity index (χ2v) is 5.66. The van der Waals surface area contributed by atoms with Gasteiger partial charge in [-0.25, -0.2) is 0 Å². The second kappa shape index (κ2) is 5.48. The quantitative estimate of drug-likeness (QED) is 0.857. The number of nitrogens with zero attached hydrogens (tertiary/aromatic N) is 4. The lowest BCUT2D eigenvalue weighted by Crippen LogP contribution is -2.30. The molecule has 0 saturated carbocycles. The summed E-state index contributed by atoms with van der Waals surface area (Å²) in [6, 6.07) is 3.50. The van der Waals surface area contributed by atoms with Crippen molar-refractivity contribution in [3.05, 3.63) is 46.5 Å². The van der Waals surface area contributed by atoms with Gasteiger partial charge in [-0.15, -0.1) is 0 Å². The summed E-state index contributed by atoms with van der Waals surface area (Å²) in [4.78, 5) is 18.5. The van der Waals surface area contributed by atoms with Crippen molar-refractivity contribution in [3.63, 3.8) is 0 Å². The molecule has 0 radical (unpaired) electrons. The van der Waals surface area contributed by atoms with Gasteiger partial charge >= 0.3 is 0 Å². The number of likely N-dealkylation sites (tertiary alicyclic amines) is 1. The van der Waals surface area contributed by atoms with Crippen LogP contribution < -0.4 is 0 Å². The normalized spacial score (nSPS) is 18.2. The van der Waals surface area contributed by atoms with Crippen molar-refractivity contribution in [1.82, 2.24) is 19.7 Å². The summed E-state index contributed by atoms with van der Waals surface area (Å²) in [6.07, 6.45) is 5.18. The number of aryl methyl sites for hydroxylation is 2. The summed E-state index contributed by atoms with van der Waals surface area (Å²) in [5.74, 6) is 0.0271. The van der Waals surface area contributed by atoms with E-state index in [0.717, 1.165) is 30.6 Å². The molecule has 2 aromatic heterocycles. The summed E-state index contributed by atoms with van der Waals surface area (Å²) in [5.41, 5.74) is 2.52. The van der Waals surface area contributed by atoms with Gasteiger partial charge in [-0.2, -0.15) is 5.10 Å². The molecule has 3 rings (SSSR count). The van der Waals surface area contributed by atoms with E-state index in [1.54, 1.807) is 29.2 Å². The van der Waals surface area contributed by atoms with E-state index in [-0.39, 0.29) is 11.9 Å². The zero-order chi connectivity index (χ0) is 15.0. The Hall–Kier alpha value is -1.88. The largest absolute Gasteiger partial charge is 0.331 e. The van der Waals surface area contributed by atoms with Crippen molar-refractivity contribution in [3.8, 4) is 0 Å². The van der Waals surface area contributed by atoms with Crippen molar-refractivity contribution in [1.29, 1.82) is 0 Å². The standard InChI is InChI=1S/C15H17ClN4O/c1-10-13(14(16)19(2)18-10)12-4-3-9-20(12)15(21)11-5-7-17-8-6-11/h5-8,12H,3-4,9H2,1-2H3/t12-/m1/s1. The molecule has 0 aromatic carbocycles. The monoisotopic (exact) mass is 304 g/mol. The Morgan fingerprint density at radius 1 is 1.38 bits per heavy atom. The Morgan fingerprint density at radius 3 is 2.71 bits per heavy atom. The first-order chi connectivity index (χ1) is 10.1. The third-order valence-electron chi connectivity index (χ3n) is 3.97. The van der Waals surface area contributed by atoms with Crippen LogP contribution in [0.25, 0.3) is 0 Å². The molecule has 5 nitrogen and oxygen atoms in total. The van der Waals surface area contributed by atoms with Crippen LogP contribution >= 0.6 is 11.6 Å². The number of halogens is 1. The van der Waals surface area contributed by atoms with Crippen LogP contribution in [0.2, 0.25) is 5.15 Å². The highest BCUT2D eigenvalue weighted by atomic mass is 35.5. The summed E-state index contributed by atoms with van der Waals surface area (Å²) in [7, 11) is 1.82. The van der Waals surface area contributed by atoms with E-state index in [1.807, 2.05) is 18.9 Å². The van der Waals surface area contributed by atoms with E-state index in [4.69, 9.17) is 11.6 Å². The number of hydrogen-bond donors (Lipinski definition) is 0. The van der Waals surface area contributed by atoms with E-state index < -0.39 is 0 Å². The van der Waals surface area contributed by atoms with Gasteiger partial charge in [0.25, 0.3) is 5.91 Å². The number of hydrogen-bond acceptors (Lipinski definition) is 3. The molecule has 1 amide bonds. The zero-order valence-corrected chi connectivity index (χ0v) is 12.8. The lowest BCUT2D eigenvalue weighted by Gasteiger charge is -2.25. The first-order valence-electron chi connectivity index (χ1n) is 6.99. The van der Waals surface area contributed by atoms with Crippen LogP contribution in [0, 0.1) is 6.92 Å². The summed E-state index contributed by atoms with van der Waals surface area (Å²) in [5, 5.41) is 4.98. The topological polar surface area (TPSA) is 51.0 Å².